The predicted molar refractivity (Wildman–Crippen MR) is 96.6 cm³/mol. The highest BCUT2D eigenvalue weighted by atomic mass is 32.2. The van der Waals surface area contributed by atoms with Crippen LogP contribution in [-0.4, -0.2) is 57.7 Å². The summed E-state index contributed by atoms with van der Waals surface area (Å²) >= 11 is 12.7. The molecule has 1 fully saturated rings. The maximum absolute atomic E-state index is 5.51. The SMILES string of the molecule is Cn1c2c(c(=S)n(C)c1=S)CC(SCCN1CCOCC1)=N2. The van der Waals surface area contributed by atoms with Crippen LogP contribution in [0.25, 0.3) is 0 Å². The molecule has 0 unspecified atom stereocenters. The van der Waals surface area contributed by atoms with Gasteiger partial charge in [0.1, 0.15) is 10.5 Å². The maximum atomic E-state index is 5.51. The zero-order valence-electron chi connectivity index (χ0n) is 12.9. The van der Waals surface area contributed by atoms with E-state index in [4.69, 9.17) is 34.2 Å². The van der Waals surface area contributed by atoms with Gasteiger partial charge < -0.3 is 13.9 Å². The van der Waals surface area contributed by atoms with Crippen LogP contribution in [0.1, 0.15) is 5.56 Å². The second-order valence-electron chi connectivity index (χ2n) is 5.49. The Morgan fingerprint density at radius 3 is 2.64 bits per heavy atom. The molecule has 3 heterocycles. The summed E-state index contributed by atoms with van der Waals surface area (Å²) in [6, 6.07) is 0. The Hall–Kier alpha value is -0.540. The molecule has 0 aromatic carbocycles. The van der Waals surface area contributed by atoms with Gasteiger partial charge in [0.05, 0.1) is 18.3 Å². The molecule has 2 aliphatic rings. The van der Waals surface area contributed by atoms with E-state index in [0.717, 1.165) is 66.1 Å². The lowest BCUT2D eigenvalue weighted by atomic mass is 10.2. The van der Waals surface area contributed by atoms with E-state index in [1.54, 1.807) is 0 Å². The Kier molecular flexibility index (Phi) is 5.13. The Morgan fingerprint density at radius 2 is 1.91 bits per heavy atom. The van der Waals surface area contributed by atoms with E-state index in [-0.39, 0.29) is 0 Å². The molecular formula is C14H20N4OS3. The number of nitrogens with zero attached hydrogens (tertiary/aromatic N) is 4. The third kappa shape index (κ3) is 3.21. The molecule has 0 radical (unpaired) electrons. The van der Waals surface area contributed by atoms with Crippen molar-refractivity contribution < 1.29 is 4.74 Å². The molecule has 2 aliphatic heterocycles. The Morgan fingerprint density at radius 1 is 1.18 bits per heavy atom. The number of aromatic nitrogens is 2. The molecule has 0 aliphatic carbocycles. The van der Waals surface area contributed by atoms with Gasteiger partial charge in [0.2, 0.25) is 0 Å². The highest BCUT2D eigenvalue weighted by Gasteiger charge is 2.21. The zero-order chi connectivity index (χ0) is 15.7. The summed E-state index contributed by atoms with van der Waals surface area (Å²) < 4.78 is 10.7. The van der Waals surface area contributed by atoms with Crippen LogP contribution in [0.2, 0.25) is 0 Å². The van der Waals surface area contributed by atoms with Gasteiger partial charge in [-0.05, 0) is 12.2 Å². The van der Waals surface area contributed by atoms with Crippen LogP contribution in [-0.2, 0) is 25.3 Å². The van der Waals surface area contributed by atoms with Gasteiger partial charge in [0, 0.05) is 51.5 Å². The number of morpholine rings is 1. The fraction of sp³-hybridized carbons (Fsp3) is 0.643. The van der Waals surface area contributed by atoms with E-state index in [1.807, 2.05) is 35.0 Å². The summed E-state index contributed by atoms with van der Waals surface area (Å²) in [5.41, 5.74) is 1.13. The first-order valence-electron chi connectivity index (χ1n) is 7.37. The highest BCUT2D eigenvalue weighted by Crippen LogP contribution is 2.30. The molecule has 1 saturated heterocycles. The monoisotopic (exact) mass is 356 g/mol. The smallest absolute Gasteiger partial charge is 0.181 e. The van der Waals surface area contributed by atoms with Crippen LogP contribution >= 0.6 is 36.2 Å². The van der Waals surface area contributed by atoms with Gasteiger partial charge in [-0.25, -0.2) is 4.99 Å². The van der Waals surface area contributed by atoms with Gasteiger partial charge in [-0.1, -0.05) is 12.2 Å². The van der Waals surface area contributed by atoms with E-state index in [9.17, 15) is 0 Å². The number of hydrogen-bond donors (Lipinski definition) is 0. The van der Waals surface area contributed by atoms with Crippen molar-refractivity contribution in [2.75, 3.05) is 38.6 Å². The molecule has 0 atom stereocenters. The molecule has 1 aromatic heterocycles. The average molecular weight is 357 g/mol. The quantitative estimate of drug-likeness (QED) is 0.778. The zero-order valence-corrected chi connectivity index (χ0v) is 15.3. The normalized spacial score (nSPS) is 18.4. The van der Waals surface area contributed by atoms with Gasteiger partial charge >= 0.3 is 0 Å². The summed E-state index contributed by atoms with van der Waals surface area (Å²) in [5.74, 6) is 1.98. The number of thioether (sulfide) groups is 1. The molecule has 22 heavy (non-hydrogen) atoms. The van der Waals surface area contributed by atoms with Crippen LogP contribution in [0.4, 0.5) is 5.82 Å². The second kappa shape index (κ2) is 6.92. The lowest BCUT2D eigenvalue weighted by molar-refractivity contribution is 0.0410. The summed E-state index contributed by atoms with van der Waals surface area (Å²) in [7, 11) is 3.88. The molecule has 0 N–H and O–H groups in total. The van der Waals surface area contributed by atoms with Crippen LogP contribution in [0.3, 0.4) is 0 Å². The van der Waals surface area contributed by atoms with Gasteiger partial charge in [0.25, 0.3) is 0 Å². The van der Waals surface area contributed by atoms with Crippen molar-refractivity contribution in [1.82, 2.24) is 14.0 Å². The third-order valence-corrected chi connectivity index (χ3v) is 6.09. The molecule has 1 aromatic rings. The summed E-state index contributed by atoms with van der Waals surface area (Å²) in [6.07, 6.45) is 0.833. The van der Waals surface area contributed by atoms with Crippen molar-refractivity contribution in [2.45, 2.75) is 6.42 Å². The summed E-state index contributed by atoms with van der Waals surface area (Å²) in [6.45, 7) is 4.85. The first kappa shape index (κ1) is 16.3. The molecule has 0 spiro atoms. The minimum Gasteiger partial charge on any atom is -0.379 e. The van der Waals surface area contributed by atoms with E-state index in [2.05, 4.69) is 4.90 Å². The number of hydrogen-bond acceptors (Lipinski definition) is 6. The van der Waals surface area contributed by atoms with Gasteiger partial charge in [-0.15, -0.1) is 11.8 Å². The third-order valence-electron chi connectivity index (χ3n) is 4.06. The van der Waals surface area contributed by atoms with Crippen molar-refractivity contribution in [1.29, 1.82) is 0 Å². The van der Waals surface area contributed by atoms with E-state index in [1.165, 1.54) is 0 Å². The molecule has 3 rings (SSSR count). The Balaban J connectivity index is 1.65. The van der Waals surface area contributed by atoms with Crippen molar-refractivity contribution in [3.8, 4) is 0 Å². The average Bonchev–Trinajstić information content (AvgIpc) is 2.96. The van der Waals surface area contributed by atoms with Gasteiger partial charge in [-0.3, -0.25) is 4.90 Å². The molecule has 8 heteroatoms. The van der Waals surface area contributed by atoms with E-state index in [0.29, 0.717) is 4.77 Å². The van der Waals surface area contributed by atoms with Crippen LogP contribution in [0.5, 0.6) is 0 Å². The molecule has 0 bridgehead atoms. The molecule has 5 nitrogen and oxygen atoms in total. The highest BCUT2D eigenvalue weighted by molar-refractivity contribution is 8.14. The second-order valence-corrected chi connectivity index (χ2v) is 7.41. The summed E-state index contributed by atoms with van der Waals surface area (Å²) in [4.78, 5) is 7.19. The predicted octanol–water partition coefficient (Wildman–Crippen LogP) is 2.47. The number of rotatable bonds is 3. The lowest BCUT2D eigenvalue weighted by Gasteiger charge is -2.26. The van der Waals surface area contributed by atoms with Crippen LogP contribution in [0, 0.1) is 9.41 Å². The first-order valence-corrected chi connectivity index (χ1v) is 9.17. The fourth-order valence-electron chi connectivity index (χ4n) is 2.71. The Bertz CT molecular complexity index is 716. The minimum atomic E-state index is 0.715. The lowest BCUT2D eigenvalue weighted by Crippen LogP contribution is -2.37. The van der Waals surface area contributed by atoms with Crippen LogP contribution in [0.15, 0.2) is 4.99 Å². The van der Waals surface area contributed by atoms with E-state index < -0.39 is 0 Å². The van der Waals surface area contributed by atoms with Crippen molar-refractivity contribution in [2.24, 2.45) is 19.1 Å². The minimum absolute atomic E-state index is 0.715. The molecular weight excluding hydrogens is 336 g/mol. The van der Waals surface area contributed by atoms with Crippen molar-refractivity contribution in [3.05, 3.63) is 15.0 Å². The number of ether oxygens (including phenoxy) is 1. The maximum Gasteiger partial charge on any atom is 0.181 e. The largest absolute Gasteiger partial charge is 0.379 e. The molecule has 120 valence electrons. The Labute approximate surface area is 145 Å². The van der Waals surface area contributed by atoms with Gasteiger partial charge in [0.15, 0.2) is 4.77 Å². The molecule has 0 saturated carbocycles. The van der Waals surface area contributed by atoms with Crippen molar-refractivity contribution >= 4 is 47.1 Å². The first-order chi connectivity index (χ1) is 10.6. The fourth-order valence-corrected chi connectivity index (χ4v) is 4.18. The number of fused-ring (bicyclic) bond motifs is 1. The van der Waals surface area contributed by atoms with E-state index >= 15 is 0 Å². The number of aliphatic imine (C=N–C) groups is 1. The standard InChI is InChI=1S/C14H20N4OS3/c1-16-12-10(13(20)17(2)14(16)21)9-11(15-12)22-8-5-18-3-6-19-7-4-18/h3-9H2,1-2H3. The van der Waals surface area contributed by atoms with Crippen LogP contribution < -0.4 is 0 Å². The topological polar surface area (TPSA) is 34.7 Å². The molecule has 0 amide bonds. The summed E-state index contributed by atoms with van der Waals surface area (Å²) in [5, 5.41) is 1.14. The van der Waals surface area contributed by atoms with Crippen molar-refractivity contribution in [3.63, 3.8) is 0 Å². The van der Waals surface area contributed by atoms with Gasteiger partial charge in [-0.2, -0.15) is 0 Å².